The number of hydrogen-bond acceptors (Lipinski definition) is 6. The predicted molar refractivity (Wildman–Crippen MR) is 121 cm³/mol. The van der Waals surface area contributed by atoms with E-state index in [1.165, 1.54) is 11.1 Å². The summed E-state index contributed by atoms with van der Waals surface area (Å²) in [4.78, 5) is 32.6. The Balaban J connectivity index is 1.64. The minimum absolute atomic E-state index is 0.207. The first-order valence-electron chi connectivity index (χ1n) is 11.2. The Kier molecular flexibility index (Phi) is 6.73. The molecule has 2 aliphatic rings. The highest BCUT2D eigenvalue weighted by atomic mass is 16.5. The molecule has 1 amide bonds. The summed E-state index contributed by atoms with van der Waals surface area (Å²) in [5, 5.41) is 2.86. The molecule has 1 N–H and O–H groups in total. The molecule has 2 aromatic carbocycles. The van der Waals surface area contributed by atoms with Crippen LogP contribution in [0.25, 0.3) is 0 Å². The topological polar surface area (TPSA) is 80.2 Å². The maximum Gasteiger partial charge on any atom is 0.321 e. The first kappa shape index (κ1) is 21.9. The second-order valence-corrected chi connectivity index (χ2v) is 7.97. The normalized spacial score (nSPS) is 20.1. The lowest BCUT2D eigenvalue weighted by Gasteiger charge is -2.36. The maximum absolute atomic E-state index is 13.1. The van der Waals surface area contributed by atoms with Gasteiger partial charge in [0.05, 0.1) is 13.2 Å². The number of benzene rings is 2. The number of rotatable bonds is 6. The highest BCUT2D eigenvalue weighted by Gasteiger charge is 2.42. The van der Waals surface area contributed by atoms with Crippen LogP contribution in [-0.2, 0) is 27.3 Å². The highest BCUT2D eigenvalue weighted by molar-refractivity contribution is 6.08. The molecular weight excluding hydrogens is 406 g/mol. The molecule has 0 aliphatic carbocycles. The number of ether oxygens (including phenoxy) is 2. The van der Waals surface area contributed by atoms with Gasteiger partial charge in [0.25, 0.3) is 0 Å². The van der Waals surface area contributed by atoms with Crippen molar-refractivity contribution >= 4 is 17.8 Å². The van der Waals surface area contributed by atoms with E-state index in [0.717, 1.165) is 30.7 Å². The van der Waals surface area contributed by atoms with Crippen molar-refractivity contribution in [2.24, 2.45) is 10.9 Å². The van der Waals surface area contributed by atoms with Gasteiger partial charge in [0, 0.05) is 13.1 Å². The third kappa shape index (κ3) is 4.61. The standard InChI is InChI=1S/C25H29N3O4/c1-3-15-32-20-11-9-18(10-12-20)22-21(24(30)31-4-2)23(29)27-25(26-22)28-14-13-17-7-5-6-8-19(17)16-28/h5-12,21-22H,3-4,13-16H2,1-2H3,(H,26,27,29)/t21-,22-/m0/s1. The summed E-state index contributed by atoms with van der Waals surface area (Å²) in [5.41, 5.74) is 3.31. The average molecular weight is 436 g/mol. The zero-order valence-electron chi connectivity index (χ0n) is 18.5. The predicted octanol–water partition coefficient (Wildman–Crippen LogP) is 3.24. The molecule has 0 aromatic heterocycles. The second-order valence-electron chi connectivity index (χ2n) is 7.97. The number of guanidine groups is 1. The molecule has 7 nitrogen and oxygen atoms in total. The lowest BCUT2D eigenvalue weighted by molar-refractivity contribution is -0.153. The Morgan fingerprint density at radius 2 is 1.88 bits per heavy atom. The summed E-state index contributed by atoms with van der Waals surface area (Å²) in [6, 6.07) is 15.1. The fraction of sp³-hybridized carbons (Fsp3) is 0.400. The molecule has 0 fully saturated rings. The van der Waals surface area contributed by atoms with Gasteiger partial charge in [0.2, 0.25) is 11.9 Å². The van der Waals surface area contributed by atoms with Crippen LogP contribution in [0.2, 0.25) is 0 Å². The molecule has 0 unspecified atom stereocenters. The number of fused-ring (bicyclic) bond motifs is 1. The van der Waals surface area contributed by atoms with Gasteiger partial charge in [-0.05, 0) is 48.6 Å². The van der Waals surface area contributed by atoms with Crippen molar-refractivity contribution in [3.63, 3.8) is 0 Å². The number of carbonyl (C=O) groups is 2. The third-order valence-corrected chi connectivity index (χ3v) is 5.76. The fourth-order valence-corrected chi connectivity index (χ4v) is 4.12. The summed E-state index contributed by atoms with van der Waals surface area (Å²) in [6.07, 6.45) is 1.79. The second kappa shape index (κ2) is 9.85. The van der Waals surface area contributed by atoms with E-state index in [-0.39, 0.29) is 12.5 Å². The molecule has 2 aromatic rings. The molecule has 0 saturated carbocycles. The van der Waals surface area contributed by atoms with Crippen molar-refractivity contribution in [2.45, 2.75) is 39.3 Å². The smallest absolute Gasteiger partial charge is 0.321 e. The molecule has 2 atom stereocenters. The zero-order chi connectivity index (χ0) is 22.5. The first-order chi connectivity index (χ1) is 15.6. The van der Waals surface area contributed by atoms with Gasteiger partial charge in [0.15, 0.2) is 5.92 Å². The van der Waals surface area contributed by atoms with E-state index in [0.29, 0.717) is 19.1 Å². The summed E-state index contributed by atoms with van der Waals surface area (Å²) < 4.78 is 10.9. The number of nitrogens with zero attached hydrogens (tertiary/aromatic N) is 2. The Hall–Kier alpha value is -3.35. The van der Waals surface area contributed by atoms with E-state index in [4.69, 9.17) is 14.5 Å². The number of aliphatic imine (C=N–C) groups is 1. The monoisotopic (exact) mass is 435 g/mol. The van der Waals surface area contributed by atoms with Gasteiger partial charge >= 0.3 is 5.97 Å². The quantitative estimate of drug-likeness (QED) is 0.557. The Labute approximate surface area is 188 Å². The van der Waals surface area contributed by atoms with Gasteiger partial charge in [0.1, 0.15) is 11.8 Å². The van der Waals surface area contributed by atoms with Crippen LogP contribution in [0.15, 0.2) is 53.5 Å². The van der Waals surface area contributed by atoms with Crippen LogP contribution < -0.4 is 10.1 Å². The summed E-state index contributed by atoms with van der Waals surface area (Å²) >= 11 is 0. The lowest BCUT2D eigenvalue weighted by Crippen LogP contribution is -2.53. The van der Waals surface area contributed by atoms with E-state index < -0.39 is 17.9 Å². The zero-order valence-corrected chi connectivity index (χ0v) is 18.5. The van der Waals surface area contributed by atoms with Crippen LogP contribution in [0.4, 0.5) is 0 Å². The molecule has 4 rings (SSSR count). The minimum Gasteiger partial charge on any atom is -0.494 e. The highest BCUT2D eigenvalue weighted by Crippen LogP contribution is 2.32. The number of hydrogen-bond donors (Lipinski definition) is 1. The number of carbonyl (C=O) groups excluding carboxylic acids is 2. The maximum atomic E-state index is 13.1. The third-order valence-electron chi connectivity index (χ3n) is 5.76. The van der Waals surface area contributed by atoms with Crippen molar-refractivity contribution < 1.29 is 19.1 Å². The van der Waals surface area contributed by atoms with Crippen LogP contribution in [0, 0.1) is 5.92 Å². The van der Waals surface area contributed by atoms with Gasteiger partial charge in [-0.25, -0.2) is 4.99 Å². The minimum atomic E-state index is -1.03. The van der Waals surface area contributed by atoms with Crippen molar-refractivity contribution in [1.29, 1.82) is 0 Å². The molecular formula is C25H29N3O4. The van der Waals surface area contributed by atoms with Crippen LogP contribution >= 0.6 is 0 Å². The van der Waals surface area contributed by atoms with Crippen LogP contribution in [0.3, 0.4) is 0 Å². The Morgan fingerprint density at radius 3 is 2.59 bits per heavy atom. The van der Waals surface area contributed by atoms with Gasteiger partial charge in [-0.1, -0.05) is 43.3 Å². The molecule has 0 bridgehead atoms. The Bertz CT molecular complexity index is 1000. The molecule has 0 radical (unpaired) electrons. The van der Waals surface area contributed by atoms with E-state index >= 15 is 0 Å². The number of nitrogens with one attached hydrogen (secondary N) is 1. The molecule has 32 heavy (non-hydrogen) atoms. The van der Waals surface area contributed by atoms with Gasteiger partial charge in [-0.3, -0.25) is 14.9 Å². The summed E-state index contributed by atoms with van der Waals surface area (Å²) in [5.74, 6) is -0.725. The largest absolute Gasteiger partial charge is 0.494 e. The summed E-state index contributed by atoms with van der Waals surface area (Å²) in [7, 11) is 0. The molecule has 0 saturated heterocycles. The van der Waals surface area contributed by atoms with E-state index in [1.54, 1.807) is 6.92 Å². The van der Waals surface area contributed by atoms with E-state index in [9.17, 15) is 9.59 Å². The Morgan fingerprint density at radius 1 is 1.12 bits per heavy atom. The van der Waals surface area contributed by atoms with Crippen molar-refractivity contribution in [2.75, 3.05) is 19.8 Å². The van der Waals surface area contributed by atoms with Crippen LogP contribution in [0.5, 0.6) is 5.75 Å². The SMILES string of the molecule is CCCOc1ccc([C@@H]2N=C(N3CCc4ccccc4C3)NC(=O)[C@H]2C(=O)OCC)cc1. The van der Waals surface area contributed by atoms with Crippen LogP contribution in [0.1, 0.15) is 43.0 Å². The van der Waals surface area contributed by atoms with Crippen molar-refractivity contribution in [3.05, 3.63) is 65.2 Å². The van der Waals surface area contributed by atoms with E-state index in [2.05, 4.69) is 22.3 Å². The lowest BCUT2D eigenvalue weighted by atomic mass is 9.91. The molecule has 7 heteroatoms. The van der Waals surface area contributed by atoms with Crippen molar-refractivity contribution in [1.82, 2.24) is 10.2 Å². The molecule has 2 aliphatic heterocycles. The van der Waals surface area contributed by atoms with Crippen LogP contribution in [-0.4, -0.2) is 42.5 Å². The molecule has 168 valence electrons. The summed E-state index contributed by atoms with van der Waals surface area (Å²) in [6.45, 7) is 6.03. The number of esters is 1. The molecule has 0 spiro atoms. The van der Waals surface area contributed by atoms with Crippen molar-refractivity contribution in [3.8, 4) is 5.75 Å². The average Bonchev–Trinajstić information content (AvgIpc) is 2.82. The number of amides is 1. The fourth-order valence-electron chi connectivity index (χ4n) is 4.12. The molecule has 2 heterocycles. The van der Waals surface area contributed by atoms with Gasteiger partial charge in [-0.15, -0.1) is 0 Å². The van der Waals surface area contributed by atoms with Gasteiger partial charge in [-0.2, -0.15) is 0 Å². The van der Waals surface area contributed by atoms with Gasteiger partial charge < -0.3 is 14.4 Å². The first-order valence-corrected chi connectivity index (χ1v) is 11.2. The van der Waals surface area contributed by atoms with E-state index in [1.807, 2.05) is 43.3 Å².